The standard InChI is InChI=1S/C36H39F3N6O/c1-18-19(2)33-26-11-9-23(40-26)16-45(33)34-28-30(18)41-31(24-7-4-6-21-8-10-25(38)20(3)27(21)24)29(39)32(28)42-35(43-34)46-17-36-12-5-13-44(36)15-22(37)14-36/h4,6-8,10,18-19,22-23,26,33,40H,5,9,11-17H2,1-3H3/t18-,19-,22+,23+,26-,33-,36-/m0/s1. The first-order valence-corrected chi connectivity index (χ1v) is 16.9. The van der Waals surface area contributed by atoms with Gasteiger partial charge >= 0.3 is 6.01 Å². The highest BCUT2D eigenvalue weighted by molar-refractivity contribution is 6.02. The van der Waals surface area contributed by atoms with Crippen LogP contribution < -0.4 is 15.0 Å². The van der Waals surface area contributed by atoms with Gasteiger partial charge in [0.1, 0.15) is 35.6 Å². The van der Waals surface area contributed by atoms with E-state index in [0.717, 1.165) is 49.9 Å². The van der Waals surface area contributed by atoms with Crippen LogP contribution in [0.15, 0.2) is 30.3 Å². The van der Waals surface area contributed by atoms with Crippen LogP contribution in [0.5, 0.6) is 6.01 Å². The predicted octanol–water partition coefficient (Wildman–Crippen LogP) is 6.45. The van der Waals surface area contributed by atoms with Crippen molar-refractivity contribution in [1.29, 1.82) is 0 Å². The molecule has 0 unspecified atom stereocenters. The zero-order valence-electron chi connectivity index (χ0n) is 26.5. The Kier molecular flexibility index (Phi) is 6.39. The second-order valence-corrected chi connectivity index (χ2v) is 14.5. The smallest absolute Gasteiger partial charge is 0.319 e. The summed E-state index contributed by atoms with van der Waals surface area (Å²) >= 11 is 0. The number of piperazine rings is 1. The molecule has 4 fully saturated rings. The Labute approximate surface area is 266 Å². The van der Waals surface area contributed by atoms with E-state index in [1.165, 1.54) is 6.07 Å². The Balaban J connectivity index is 1.26. The summed E-state index contributed by atoms with van der Waals surface area (Å²) in [7, 11) is 0. The summed E-state index contributed by atoms with van der Waals surface area (Å²) in [5.74, 6) is -0.0810. The molecule has 4 aromatic rings. The van der Waals surface area contributed by atoms with E-state index in [-0.39, 0.29) is 53.1 Å². The minimum absolute atomic E-state index is 0.0244. The summed E-state index contributed by atoms with van der Waals surface area (Å²) in [5.41, 5.74) is 1.70. The van der Waals surface area contributed by atoms with E-state index in [4.69, 9.17) is 19.7 Å². The first kappa shape index (κ1) is 28.7. The lowest BCUT2D eigenvalue weighted by Gasteiger charge is -2.44. The van der Waals surface area contributed by atoms with Crippen molar-refractivity contribution < 1.29 is 17.9 Å². The Morgan fingerprint density at radius 2 is 1.91 bits per heavy atom. The monoisotopic (exact) mass is 628 g/mol. The van der Waals surface area contributed by atoms with Gasteiger partial charge in [0.15, 0.2) is 5.82 Å². The maximum absolute atomic E-state index is 17.2. The first-order valence-electron chi connectivity index (χ1n) is 16.9. The topological polar surface area (TPSA) is 66.4 Å². The van der Waals surface area contributed by atoms with Gasteiger partial charge in [-0.25, -0.2) is 18.2 Å². The number of aromatic nitrogens is 3. The van der Waals surface area contributed by atoms with Crippen molar-refractivity contribution in [2.75, 3.05) is 31.1 Å². The maximum Gasteiger partial charge on any atom is 0.319 e. The number of nitrogens with one attached hydrogen (secondary N) is 1. The molecule has 240 valence electrons. The van der Waals surface area contributed by atoms with Crippen molar-refractivity contribution in [3.05, 3.63) is 53.2 Å². The number of nitrogens with zero attached hydrogens (tertiary/aromatic N) is 5. The highest BCUT2D eigenvalue weighted by atomic mass is 19.1. The molecule has 9 rings (SSSR count). The molecule has 7 atom stereocenters. The third kappa shape index (κ3) is 4.08. The lowest BCUT2D eigenvalue weighted by molar-refractivity contribution is 0.107. The highest BCUT2D eigenvalue weighted by Crippen LogP contribution is 2.48. The van der Waals surface area contributed by atoms with Crippen LogP contribution in [-0.4, -0.2) is 75.9 Å². The second kappa shape index (κ2) is 10.2. The van der Waals surface area contributed by atoms with E-state index in [2.05, 4.69) is 29.0 Å². The third-order valence-electron chi connectivity index (χ3n) is 12.0. The van der Waals surface area contributed by atoms with Crippen LogP contribution in [0.2, 0.25) is 0 Å². The SMILES string of the molecule is Cc1c(F)ccc2cccc(-c3nc4c5c(nc(OC[C@@]67CCCN6C[C@H](F)C7)nc5c3F)N3C[C@H]5CC[C@H](N5)[C@@H]3[C@@H](C)[C@@H]4C)c12. The average molecular weight is 629 g/mol. The number of alkyl halides is 1. The quantitative estimate of drug-likeness (QED) is 0.279. The van der Waals surface area contributed by atoms with Crippen molar-refractivity contribution in [3.63, 3.8) is 0 Å². The molecule has 0 amide bonds. The molecule has 46 heavy (non-hydrogen) atoms. The van der Waals surface area contributed by atoms with Crippen LogP contribution in [0, 0.1) is 24.5 Å². The number of fused-ring (bicyclic) bond motifs is 7. The zero-order chi connectivity index (χ0) is 31.5. The largest absolute Gasteiger partial charge is 0.461 e. The molecule has 5 aliphatic heterocycles. The molecule has 0 spiro atoms. The number of halogens is 3. The Hall–Kier alpha value is -3.50. The Morgan fingerprint density at radius 1 is 1.04 bits per heavy atom. The summed E-state index contributed by atoms with van der Waals surface area (Å²) in [6, 6.07) is 9.63. The Morgan fingerprint density at radius 3 is 2.78 bits per heavy atom. The summed E-state index contributed by atoms with van der Waals surface area (Å²) < 4.78 is 53.1. The number of pyridine rings is 1. The maximum atomic E-state index is 17.2. The normalized spacial score (nSPS) is 31.8. The summed E-state index contributed by atoms with van der Waals surface area (Å²) in [5, 5.41) is 5.91. The average Bonchev–Trinajstić information content (AvgIpc) is 3.70. The lowest BCUT2D eigenvalue weighted by Crippen LogP contribution is -2.60. The number of ether oxygens (including phenoxy) is 1. The van der Waals surface area contributed by atoms with Crippen molar-refractivity contribution in [3.8, 4) is 17.3 Å². The minimum Gasteiger partial charge on any atom is -0.461 e. The van der Waals surface area contributed by atoms with Crippen LogP contribution in [-0.2, 0) is 0 Å². The van der Waals surface area contributed by atoms with Crippen molar-refractivity contribution >= 4 is 27.5 Å². The van der Waals surface area contributed by atoms with E-state index in [0.29, 0.717) is 52.8 Å². The first-order chi connectivity index (χ1) is 22.2. The number of aryl methyl sites for hydroxylation is 1. The summed E-state index contributed by atoms with van der Waals surface area (Å²) in [4.78, 5) is 19.5. The summed E-state index contributed by atoms with van der Waals surface area (Å²) in [6.07, 6.45) is 3.57. The van der Waals surface area contributed by atoms with E-state index >= 15 is 4.39 Å². The fraction of sp³-hybridized carbons (Fsp3) is 0.528. The lowest BCUT2D eigenvalue weighted by atomic mass is 9.82. The van der Waals surface area contributed by atoms with E-state index in [9.17, 15) is 8.78 Å². The highest BCUT2D eigenvalue weighted by Gasteiger charge is 2.50. The fourth-order valence-electron chi connectivity index (χ4n) is 9.58. The van der Waals surface area contributed by atoms with Gasteiger partial charge in [0, 0.05) is 49.1 Å². The molecule has 0 saturated carbocycles. The van der Waals surface area contributed by atoms with Crippen molar-refractivity contribution in [2.24, 2.45) is 5.92 Å². The molecule has 7 nitrogen and oxygen atoms in total. The molecule has 2 bridgehead atoms. The minimum atomic E-state index is -0.881. The zero-order valence-corrected chi connectivity index (χ0v) is 26.5. The van der Waals surface area contributed by atoms with Crippen molar-refractivity contribution in [1.82, 2.24) is 25.2 Å². The van der Waals surface area contributed by atoms with Crippen LogP contribution in [0.1, 0.15) is 63.1 Å². The number of hydrogen-bond acceptors (Lipinski definition) is 7. The van der Waals surface area contributed by atoms with Crippen LogP contribution >= 0.6 is 0 Å². The van der Waals surface area contributed by atoms with Crippen molar-refractivity contribution in [2.45, 2.75) is 88.6 Å². The van der Waals surface area contributed by atoms with Gasteiger partial charge in [-0.05, 0) is 67.5 Å². The van der Waals surface area contributed by atoms with Gasteiger partial charge in [-0.3, -0.25) is 4.90 Å². The van der Waals surface area contributed by atoms with Crippen LogP contribution in [0.4, 0.5) is 19.0 Å². The molecule has 2 aromatic carbocycles. The molecular formula is C36H39F3N6O. The molecule has 0 radical (unpaired) electrons. The molecule has 2 aromatic heterocycles. The number of anilines is 1. The van der Waals surface area contributed by atoms with Gasteiger partial charge < -0.3 is 15.0 Å². The molecule has 4 saturated heterocycles. The van der Waals surface area contributed by atoms with Gasteiger partial charge in [0.2, 0.25) is 0 Å². The van der Waals surface area contributed by atoms with Gasteiger partial charge in [-0.1, -0.05) is 38.1 Å². The van der Waals surface area contributed by atoms with E-state index < -0.39 is 12.0 Å². The summed E-state index contributed by atoms with van der Waals surface area (Å²) in [6.45, 7) is 8.45. The fourth-order valence-corrected chi connectivity index (χ4v) is 9.58. The van der Waals surface area contributed by atoms with Gasteiger partial charge in [-0.2, -0.15) is 9.97 Å². The van der Waals surface area contributed by atoms with E-state index in [1.54, 1.807) is 13.0 Å². The molecule has 5 aliphatic rings. The van der Waals surface area contributed by atoms with Gasteiger partial charge in [-0.15, -0.1) is 0 Å². The molecule has 7 heterocycles. The number of benzene rings is 2. The molecular weight excluding hydrogens is 589 g/mol. The predicted molar refractivity (Wildman–Crippen MR) is 172 cm³/mol. The van der Waals surface area contributed by atoms with Crippen LogP contribution in [0.25, 0.3) is 32.9 Å². The van der Waals surface area contributed by atoms with Crippen LogP contribution in [0.3, 0.4) is 0 Å². The second-order valence-electron chi connectivity index (χ2n) is 14.5. The number of hydrogen-bond donors (Lipinski definition) is 1. The molecule has 0 aliphatic carbocycles. The van der Waals surface area contributed by atoms with Gasteiger partial charge in [0.05, 0.1) is 16.6 Å². The van der Waals surface area contributed by atoms with E-state index in [1.807, 2.05) is 18.2 Å². The third-order valence-corrected chi connectivity index (χ3v) is 12.0. The Bertz CT molecular complexity index is 1900. The number of rotatable bonds is 4. The molecule has 1 N–H and O–H groups in total. The molecule has 10 heteroatoms. The van der Waals surface area contributed by atoms with Gasteiger partial charge in [0.25, 0.3) is 0 Å².